The van der Waals surface area contributed by atoms with Gasteiger partial charge in [-0.15, -0.1) is 11.3 Å². The molecule has 176 valence electrons. The van der Waals surface area contributed by atoms with Gasteiger partial charge in [-0.2, -0.15) is 0 Å². The number of carbonyl (C=O) groups excluding carboxylic acids is 1. The lowest BCUT2D eigenvalue weighted by molar-refractivity contribution is -0.136. The number of thiophene rings is 1. The molecular weight excluding hydrogens is 428 g/mol. The number of hydrogen-bond donors (Lipinski definition) is 1. The van der Waals surface area contributed by atoms with E-state index in [1.165, 1.54) is 4.88 Å². The first-order valence-corrected chi connectivity index (χ1v) is 12.0. The van der Waals surface area contributed by atoms with Crippen molar-refractivity contribution in [1.29, 1.82) is 0 Å². The number of methoxy groups -OCH3 is 2. The smallest absolute Gasteiger partial charge is 0.237 e. The first kappa shape index (κ1) is 24.5. The maximum absolute atomic E-state index is 13.4. The SMILES string of the molecule is CC[C@@H](O)CN(CCOC)CC(=O)N1CCc2sccc2[C@H]1COc1cccc(OC)c1. The molecule has 0 radical (unpaired) electrons. The summed E-state index contributed by atoms with van der Waals surface area (Å²) in [4.78, 5) is 18.6. The molecule has 0 spiro atoms. The number of aliphatic hydroxyl groups is 1. The first-order chi connectivity index (χ1) is 15.5. The Morgan fingerprint density at radius 1 is 1.31 bits per heavy atom. The topological polar surface area (TPSA) is 71.5 Å². The van der Waals surface area contributed by atoms with Crippen LogP contribution in [0.15, 0.2) is 35.7 Å². The van der Waals surface area contributed by atoms with Crippen LogP contribution in [0.4, 0.5) is 0 Å². The summed E-state index contributed by atoms with van der Waals surface area (Å²) in [5, 5.41) is 12.2. The van der Waals surface area contributed by atoms with E-state index in [9.17, 15) is 9.90 Å². The standard InChI is InChI=1S/C24H34N2O5S/c1-4-18(27)15-25(11-12-29-2)16-24(28)26-10-8-23-21(9-13-32-23)22(26)17-31-20-7-5-6-19(14-20)30-3/h5-7,9,13-14,18,22,27H,4,8,10-12,15-17H2,1-3H3/t18-,22-/m1/s1. The van der Waals surface area contributed by atoms with Crippen molar-refractivity contribution in [1.82, 2.24) is 9.80 Å². The average molecular weight is 463 g/mol. The lowest BCUT2D eigenvalue weighted by Gasteiger charge is -2.37. The number of fused-ring (bicyclic) bond motifs is 1. The highest BCUT2D eigenvalue weighted by Gasteiger charge is 2.33. The molecule has 0 fully saturated rings. The third kappa shape index (κ3) is 6.45. The number of carbonyl (C=O) groups is 1. The van der Waals surface area contributed by atoms with Crippen LogP contribution in [0.25, 0.3) is 0 Å². The molecule has 7 nitrogen and oxygen atoms in total. The van der Waals surface area contributed by atoms with Crippen molar-refractivity contribution in [2.24, 2.45) is 0 Å². The number of amides is 1. The molecule has 2 heterocycles. The van der Waals surface area contributed by atoms with Gasteiger partial charge >= 0.3 is 0 Å². The Labute approximate surface area is 194 Å². The average Bonchev–Trinajstić information content (AvgIpc) is 3.30. The summed E-state index contributed by atoms with van der Waals surface area (Å²) < 4.78 is 16.6. The van der Waals surface area contributed by atoms with Crippen molar-refractivity contribution in [3.05, 3.63) is 46.2 Å². The molecule has 2 aromatic rings. The van der Waals surface area contributed by atoms with Crippen LogP contribution in [0.1, 0.15) is 29.8 Å². The van der Waals surface area contributed by atoms with Crippen molar-refractivity contribution >= 4 is 17.2 Å². The van der Waals surface area contributed by atoms with Gasteiger partial charge in [0.25, 0.3) is 0 Å². The van der Waals surface area contributed by atoms with E-state index < -0.39 is 6.10 Å². The lowest BCUT2D eigenvalue weighted by Crippen LogP contribution is -2.48. The van der Waals surface area contributed by atoms with E-state index in [0.29, 0.717) is 45.0 Å². The fourth-order valence-corrected chi connectivity index (χ4v) is 4.83. The second kappa shape index (κ2) is 12.2. The highest BCUT2D eigenvalue weighted by Crippen LogP contribution is 2.34. The molecule has 1 N–H and O–H groups in total. The van der Waals surface area contributed by atoms with Gasteiger partial charge in [0.15, 0.2) is 0 Å². The van der Waals surface area contributed by atoms with Gasteiger partial charge in [0, 0.05) is 37.7 Å². The number of rotatable bonds is 12. The highest BCUT2D eigenvalue weighted by molar-refractivity contribution is 7.10. The van der Waals surface area contributed by atoms with Crippen LogP contribution in [0.2, 0.25) is 0 Å². The van der Waals surface area contributed by atoms with Gasteiger partial charge in [0.1, 0.15) is 18.1 Å². The Balaban J connectivity index is 1.72. The number of aliphatic hydroxyl groups excluding tert-OH is 1. The van der Waals surface area contributed by atoms with Crippen LogP contribution >= 0.6 is 11.3 Å². The zero-order chi connectivity index (χ0) is 22.9. The molecule has 1 aromatic heterocycles. The van der Waals surface area contributed by atoms with Crippen LogP contribution in [0, 0.1) is 0 Å². The normalized spacial score (nSPS) is 16.7. The zero-order valence-electron chi connectivity index (χ0n) is 19.2. The van der Waals surface area contributed by atoms with Crippen LogP contribution in [-0.4, -0.2) is 80.5 Å². The quantitative estimate of drug-likeness (QED) is 0.523. The van der Waals surface area contributed by atoms with E-state index in [-0.39, 0.29) is 18.5 Å². The Kier molecular flexibility index (Phi) is 9.35. The lowest BCUT2D eigenvalue weighted by atomic mass is 10.0. The van der Waals surface area contributed by atoms with E-state index in [2.05, 4.69) is 11.4 Å². The maximum Gasteiger partial charge on any atom is 0.237 e. The number of benzene rings is 1. The van der Waals surface area contributed by atoms with Gasteiger partial charge in [-0.3, -0.25) is 9.69 Å². The van der Waals surface area contributed by atoms with Crippen molar-refractivity contribution in [3.63, 3.8) is 0 Å². The summed E-state index contributed by atoms with van der Waals surface area (Å²) in [7, 11) is 3.27. The van der Waals surface area contributed by atoms with Gasteiger partial charge < -0.3 is 24.2 Å². The molecule has 2 atom stereocenters. The highest BCUT2D eigenvalue weighted by atomic mass is 32.1. The van der Waals surface area contributed by atoms with Crippen molar-refractivity contribution in [3.8, 4) is 11.5 Å². The third-order valence-electron chi connectivity index (χ3n) is 5.77. The van der Waals surface area contributed by atoms with Gasteiger partial charge in [-0.1, -0.05) is 13.0 Å². The van der Waals surface area contributed by atoms with Crippen molar-refractivity contribution < 1.29 is 24.1 Å². The second-order valence-corrected chi connectivity index (χ2v) is 8.93. The molecule has 32 heavy (non-hydrogen) atoms. The summed E-state index contributed by atoms with van der Waals surface area (Å²) in [5.41, 5.74) is 1.16. The molecule has 0 bridgehead atoms. The van der Waals surface area contributed by atoms with E-state index >= 15 is 0 Å². The van der Waals surface area contributed by atoms with Gasteiger partial charge in [0.2, 0.25) is 5.91 Å². The largest absolute Gasteiger partial charge is 0.497 e. The van der Waals surface area contributed by atoms with Crippen LogP contribution in [0.5, 0.6) is 11.5 Å². The minimum atomic E-state index is -0.461. The Bertz CT molecular complexity index is 858. The van der Waals surface area contributed by atoms with E-state index in [1.54, 1.807) is 25.6 Å². The molecule has 1 aromatic carbocycles. The zero-order valence-corrected chi connectivity index (χ0v) is 20.0. The molecule has 1 aliphatic rings. The van der Waals surface area contributed by atoms with Crippen LogP contribution in [-0.2, 0) is 16.0 Å². The van der Waals surface area contributed by atoms with E-state index in [0.717, 1.165) is 17.7 Å². The monoisotopic (exact) mass is 462 g/mol. The number of hydrogen-bond acceptors (Lipinski definition) is 7. The first-order valence-electron chi connectivity index (χ1n) is 11.1. The molecule has 0 aliphatic carbocycles. The summed E-state index contributed by atoms with van der Waals surface area (Å²) in [6.07, 6.45) is 1.04. The fraction of sp³-hybridized carbons (Fsp3) is 0.542. The van der Waals surface area contributed by atoms with Crippen molar-refractivity contribution in [2.75, 3.05) is 53.6 Å². The van der Waals surface area contributed by atoms with Gasteiger partial charge in [-0.05, 0) is 42.0 Å². The molecular formula is C24H34N2O5S. The number of ether oxygens (including phenoxy) is 3. The van der Waals surface area contributed by atoms with Crippen LogP contribution in [0.3, 0.4) is 0 Å². The molecule has 0 saturated carbocycles. The van der Waals surface area contributed by atoms with Gasteiger partial charge in [-0.25, -0.2) is 0 Å². The summed E-state index contributed by atoms with van der Waals surface area (Å²) in [5.74, 6) is 1.49. The Morgan fingerprint density at radius 3 is 2.88 bits per heavy atom. The Hall–Kier alpha value is -2.13. The third-order valence-corrected chi connectivity index (χ3v) is 6.77. The molecule has 1 aliphatic heterocycles. The summed E-state index contributed by atoms with van der Waals surface area (Å²) >= 11 is 1.73. The summed E-state index contributed by atoms with van der Waals surface area (Å²) in [6, 6.07) is 9.46. The molecule has 0 saturated heterocycles. The second-order valence-electron chi connectivity index (χ2n) is 7.93. The maximum atomic E-state index is 13.4. The van der Waals surface area contributed by atoms with Crippen molar-refractivity contribution in [2.45, 2.75) is 31.9 Å². The van der Waals surface area contributed by atoms with Gasteiger partial charge in [0.05, 0.1) is 32.4 Å². The van der Waals surface area contributed by atoms with E-state index in [4.69, 9.17) is 14.2 Å². The molecule has 8 heteroatoms. The van der Waals surface area contributed by atoms with Crippen LogP contribution < -0.4 is 9.47 Å². The van der Waals surface area contributed by atoms with E-state index in [1.807, 2.05) is 41.0 Å². The Morgan fingerprint density at radius 2 is 2.12 bits per heavy atom. The predicted molar refractivity (Wildman–Crippen MR) is 126 cm³/mol. The fourth-order valence-electron chi connectivity index (χ4n) is 3.91. The summed E-state index contributed by atoms with van der Waals surface area (Å²) in [6.45, 7) is 4.78. The molecule has 0 unspecified atom stereocenters. The minimum absolute atomic E-state index is 0.0421. The molecule has 1 amide bonds. The minimum Gasteiger partial charge on any atom is -0.497 e. The molecule has 3 rings (SSSR count). The predicted octanol–water partition coefficient (Wildman–Crippen LogP) is 2.98. The number of nitrogens with zero attached hydrogens (tertiary/aromatic N) is 2.